The smallest absolute Gasteiger partial charge is 0.247 e. The zero-order chi connectivity index (χ0) is 21.3. The number of hydrogen-bond acceptors (Lipinski definition) is 6. The number of nitrogens with one attached hydrogen (secondary N) is 2. The normalized spacial score (nSPS) is 15.1. The average molecular weight is 411 g/mol. The molecule has 2 aromatic heterocycles. The zero-order valence-corrected chi connectivity index (χ0v) is 17.5. The second kappa shape index (κ2) is 8.47. The monoisotopic (exact) mass is 411 g/mol. The SMILES string of the molecule is Cc1nnc(-c2ccc3c(CC(C)C)nc(NC(=O)C4CCNCC4)c(F)c3c2)o1. The van der Waals surface area contributed by atoms with Crippen LogP contribution in [0.3, 0.4) is 0 Å². The molecule has 4 rings (SSSR count). The molecule has 2 N–H and O–H groups in total. The molecule has 7 nitrogen and oxygen atoms in total. The molecule has 0 unspecified atom stereocenters. The van der Waals surface area contributed by atoms with Gasteiger partial charge in [-0.3, -0.25) is 4.79 Å². The van der Waals surface area contributed by atoms with Gasteiger partial charge in [0.25, 0.3) is 0 Å². The van der Waals surface area contributed by atoms with Crippen molar-refractivity contribution in [2.75, 3.05) is 18.4 Å². The number of nitrogens with zero attached hydrogens (tertiary/aromatic N) is 3. The molecule has 1 amide bonds. The van der Waals surface area contributed by atoms with E-state index in [1.807, 2.05) is 12.1 Å². The van der Waals surface area contributed by atoms with Crippen molar-refractivity contribution in [2.45, 2.75) is 40.0 Å². The van der Waals surface area contributed by atoms with Crippen LogP contribution in [-0.2, 0) is 11.2 Å². The molecular formula is C22H26FN5O2. The van der Waals surface area contributed by atoms with E-state index in [-0.39, 0.29) is 17.6 Å². The molecule has 0 spiro atoms. The highest BCUT2D eigenvalue weighted by Gasteiger charge is 2.24. The van der Waals surface area contributed by atoms with Crippen LogP contribution in [0.25, 0.3) is 22.2 Å². The number of piperidine rings is 1. The number of aromatic nitrogens is 3. The largest absolute Gasteiger partial charge is 0.421 e. The third-order valence-corrected chi connectivity index (χ3v) is 5.35. The number of anilines is 1. The predicted molar refractivity (Wildman–Crippen MR) is 112 cm³/mol. The lowest BCUT2D eigenvalue weighted by Gasteiger charge is -2.22. The molecule has 0 atom stereocenters. The van der Waals surface area contributed by atoms with Gasteiger partial charge in [-0.2, -0.15) is 0 Å². The number of hydrogen-bond donors (Lipinski definition) is 2. The van der Waals surface area contributed by atoms with Crippen LogP contribution in [0.1, 0.15) is 38.3 Å². The summed E-state index contributed by atoms with van der Waals surface area (Å²) in [6.07, 6.45) is 2.15. The molecule has 1 fully saturated rings. The zero-order valence-electron chi connectivity index (χ0n) is 17.5. The van der Waals surface area contributed by atoms with E-state index in [4.69, 9.17) is 4.42 Å². The lowest BCUT2D eigenvalue weighted by molar-refractivity contribution is -0.120. The average Bonchev–Trinajstić information content (AvgIpc) is 3.17. The van der Waals surface area contributed by atoms with Gasteiger partial charge in [-0.1, -0.05) is 19.9 Å². The number of carbonyl (C=O) groups is 1. The van der Waals surface area contributed by atoms with Gasteiger partial charge in [0.2, 0.25) is 17.7 Å². The minimum absolute atomic E-state index is 0.0134. The van der Waals surface area contributed by atoms with Gasteiger partial charge in [0.1, 0.15) is 0 Å². The van der Waals surface area contributed by atoms with Gasteiger partial charge < -0.3 is 15.1 Å². The molecule has 0 aliphatic carbocycles. The second-order valence-electron chi connectivity index (χ2n) is 8.22. The van der Waals surface area contributed by atoms with E-state index < -0.39 is 5.82 Å². The topological polar surface area (TPSA) is 92.9 Å². The van der Waals surface area contributed by atoms with Gasteiger partial charge in [-0.25, -0.2) is 9.37 Å². The number of amides is 1. The lowest BCUT2D eigenvalue weighted by atomic mass is 9.97. The maximum atomic E-state index is 15.5. The molecule has 0 saturated carbocycles. The minimum atomic E-state index is -0.544. The number of rotatable bonds is 5. The lowest BCUT2D eigenvalue weighted by Crippen LogP contribution is -2.35. The molecule has 1 aliphatic heterocycles. The number of aryl methyl sites for hydroxylation is 1. The highest BCUT2D eigenvalue weighted by Crippen LogP contribution is 2.31. The molecule has 30 heavy (non-hydrogen) atoms. The molecule has 1 aliphatic rings. The summed E-state index contributed by atoms with van der Waals surface area (Å²) in [6.45, 7) is 7.45. The summed E-state index contributed by atoms with van der Waals surface area (Å²) in [5.74, 6) is 0.230. The predicted octanol–water partition coefficient (Wildman–Crippen LogP) is 3.87. The van der Waals surface area contributed by atoms with Gasteiger partial charge in [-0.15, -0.1) is 10.2 Å². The molecular weight excluding hydrogens is 385 g/mol. The van der Waals surface area contributed by atoms with Crippen LogP contribution >= 0.6 is 0 Å². The van der Waals surface area contributed by atoms with Crippen LogP contribution in [0.4, 0.5) is 10.2 Å². The van der Waals surface area contributed by atoms with Crippen molar-refractivity contribution >= 4 is 22.5 Å². The Hall–Kier alpha value is -2.87. The van der Waals surface area contributed by atoms with E-state index in [2.05, 4.69) is 39.7 Å². The van der Waals surface area contributed by atoms with Crippen LogP contribution < -0.4 is 10.6 Å². The van der Waals surface area contributed by atoms with Gasteiger partial charge in [0.05, 0.1) is 5.69 Å². The Kier molecular flexibility index (Phi) is 5.76. The first kappa shape index (κ1) is 20.4. The fraction of sp³-hybridized carbons (Fsp3) is 0.455. The number of fused-ring (bicyclic) bond motifs is 1. The minimum Gasteiger partial charge on any atom is -0.421 e. The molecule has 1 saturated heterocycles. The van der Waals surface area contributed by atoms with E-state index in [1.165, 1.54) is 0 Å². The number of benzene rings is 1. The molecule has 1 aromatic carbocycles. The Labute approximate surface area is 174 Å². The summed E-state index contributed by atoms with van der Waals surface area (Å²) in [6, 6.07) is 5.34. The van der Waals surface area contributed by atoms with Crippen LogP contribution in [0, 0.1) is 24.6 Å². The Morgan fingerprint density at radius 2 is 2.03 bits per heavy atom. The van der Waals surface area contributed by atoms with Gasteiger partial charge in [-0.05, 0) is 50.4 Å². The Morgan fingerprint density at radius 1 is 1.27 bits per heavy atom. The van der Waals surface area contributed by atoms with Crippen LogP contribution in [-0.4, -0.2) is 34.2 Å². The summed E-state index contributed by atoms with van der Waals surface area (Å²) in [5.41, 5.74) is 1.38. The Morgan fingerprint density at radius 3 is 2.70 bits per heavy atom. The van der Waals surface area contributed by atoms with Gasteiger partial charge in [0, 0.05) is 29.2 Å². The van der Waals surface area contributed by atoms with Crippen molar-refractivity contribution in [1.82, 2.24) is 20.5 Å². The van der Waals surface area contributed by atoms with Crippen LogP contribution in [0.2, 0.25) is 0 Å². The summed E-state index contributed by atoms with van der Waals surface area (Å²) in [4.78, 5) is 17.2. The van der Waals surface area contributed by atoms with Crippen molar-refractivity contribution in [1.29, 1.82) is 0 Å². The quantitative estimate of drug-likeness (QED) is 0.662. The maximum Gasteiger partial charge on any atom is 0.247 e. The third-order valence-electron chi connectivity index (χ3n) is 5.35. The molecule has 3 aromatic rings. The Balaban J connectivity index is 1.76. The molecule has 3 heterocycles. The first-order valence-corrected chi connectivity index (χ1v) is 10.4. The van der Waals surface area contributed by atoms with Crippen molar-refractivity contribution in [3.8, 4) is 11.5 Å². The van der Waals surface area contributed by atoms with Crippen LogP contribution in [0.15, 0.2) is 22.6 Å². The third kappa shape index (κ3) is 4.18. The van der Waals surface area contributed by atoms with Crippen molar-refractivity contribution in [2.24, 2.45) is 11.8 Å². The standard InChI is InChI=1S/C22H26FN5O2/c1-12(2)10-18-16-5-4-15(22-28-27-13(3)30-22)11-17(16)19(23)20(25-18)26-21(29)14-6-8-24-9-7-14/h4-5,11-12,14,24H,6-10H2,1-3H3,(H,25,26,29). The van der Waals surface area contributed by atoms with Gasteiger partial charge in [0.15, 0.2) is 11.6 Å². The first-order valence-electron chi connectivity index (χ1n) is 10.4. The van der Waals surface area contributed by atoms with Crippen molar-refractivity contribution < 1.29 is 13.6 Å². The molecule has 0 bridgehead atoms. The number of halogens is 1. The Bertz CT molecular complexity index is 1070. The summed E-state index contributed by atoms with van der Waals surface area (Å²) < 4.78 is 21.0. The van der Waals surface area contributed by atoms with Crippen molar-refractivity contribution in [3.63, 3.8) is 0 Å². The van der Waals surface area contributed by atoms with Crippen LogP contribution in [0.5, 0.6) is 0 Å². The second-order valence-corrected chi connectivity index (χ2v) is 8.22. The highest BCUT2D eigenvalue weighted by molar-refractivity contribution is 5.96. The molecule has 158 valence electrons. The molecule has 8 heteroatoms. The van der Waals surface area contributed by atoms with E-state index in [0.717, 1.165) is 37.0 Å². The fourth-order valence-electron chi connectivity index (χ4n) is 3.82. The highest BCUT2D eigenvalue weighted by atomic mass is 19.1. The van der Waals surface area contributed by atoms with Crippen molar-refractivity contribution in [3.05, 3.63) is 35.6 Å². The maximum absolute atomic E-state index is 15.5. The van der Waals surface area contributed by atoms with E-state index in [9.17, 15) is 4.79 Å². The summed E-state index contributed by atoms with van der Waals surface area (Å²) in [5, 5.41) is 15.0. The molecule has 0 radical (unpaired) electrons. The first-order chi connectivity index (χ1) is 14.4. The summed E-state index contributed by atoms with van der Waals surface area (Å²) >= 11 is 0. The van der Waals surface area contributed by atoms with E-state index >= 15 is 4.39 Å². The van der Waals surface area contributed by atoms with Gasteiger partial charge >= 0.3 is 0 Å². The number of carbonyl (C=O) groups excluding carboxylic acids is 1. The van der Waals surface area contributed by atoms with E-state index in [0.29, 0.717) is 35.1 Å². The fourth-order valence-corrected chi connectivity index (χ4v) is 3.82. The summed E-state index contributed by atoms with van der Waals surface area (Å²) in [7, 11) is 0. The number of pyridine rings is 1. The van der Waals surface area contributed by atoms with E-state index in [1.54, 1.807) is 13.0 Å².